The molecule has 1 aliphatic carbocycles. The van der Waals surface area contributed by atoms with E-state index in [-0.39, 0.29) is 23.9 Å². The molecular formula is C31H32ClN3O3. The molecule has 196 valence electrons. The fraction of sp³-hybridized carbons (Fsp3) is 0.323. The lowest BCUT2D eigenvalue weighted by Crippen LogP contribution is -2.36. The number of fused-ring (bicyclic) bond motifs is 1. The molecule has 1 fully saturated rings. The Morgan fingerprint density at radius 1 is 0.947 bits per heavy atom. The predicted octanol–water partition coefficient (Wildman–Crippen LogP) is 7.12. The molecule has 1 heterocycles. The summed E-state index contributed by atoms with van der Waals surface area (Å²) < 4.78 is 1.88. The first kappa shape index (κ1) is 26.0. The third-order valence-electron chi connectivity index (χ3n) is 7.71. The highest BCUT2D eigenvalue weighted by Gasteiger charge is 2.25. The van der Waals surface area contributed by atoms with E-state index in [1.54, 1.807) is 18.3 Å². The minimum Gasteiger partial charge on any atom is -0.481 e. The van der Waals surface area contributed by atoms with E-state index >= 15 is 0 Å². The fourth-order valence-electron chi connectivity index (χ4n) is 5.50. The number of carbonyl (C=O) groups is 2. The van der Waals surface area contributed by atoms with Gasteiger partial charge in [-0.1, -0.05) is 79.0 Å². The number of carbonyl (C=O) groups excluding carboxylic acids is 1. The molecule has 0 saturated heterocycles. The minimum absolute atomic E-state index is 0.0160. The zero-order valence-electron chi connectivity index (χ0n) is 21.4. The maximum atomic E-state index is 13.5. The molecule has 5 rings (SSSR count). The summed E-state index contributed by atoms with van der Waals surface area (Å²) in [6, 6.07) is 22.1. The molecule has 1 aromatic heterocycles. The van der Waals surface area contributed by atoms with Crippen LogP contribution in [0.2, 0.25) is 5.02 Å². The van der Waals surface area contributed by atoms with Crippen molar-refractivity contribution < 1.29 is 14.7 Å². The summed E-state index contributed by atoms with van der Waals surface area (Å²) in [4.78, 5) is 24.9. The summed E-state index contributed by atoms with van der Waals surface area (Å²) in [7, 11) is 0. The van der Waals surface area contributed by atoms with Gasteiger partial charge in [-0.2, -0.15) is 5.10 Å². The number of hydrogen-bond donors (Lipinski definition) is 2. The smallest absolute Gasteiger partial charge is 0.306 e. The summed E-state index contributed by atoms with van der Waals surface area (Å²) >= 11 is 6.52. The van der Waals surface area contributed by atoms with Gasteiger partial charge in [0.25, 0.3) is 5.91 Å². The highest BCUT2D eigenvalue weighted by molar-refractivity contribution is 6.36. The molecule has 1 saturated carbocycles. The molecule has 1 atom stereocenters. The Labute approximate surface area is 227 Å². The Morgan fingerprint density at radius 3 is 2.26 bits per heavy atom. The van der Waals surface area contributed by atoms with Crippen LogP contribution in [0.5, 0.6) is 0 Å². The third kappa shape index (κ3) is 5.46. The summed E-state index contributed by atoms with van der Waals surface area (Å²) in [6.07, 6.45) is 6.15. The molecule has 0 bridgehead atoms. The number of nitrogens with one attached hydrogen (secondary N) is 1. The van der Waals surface area contributed by atoms with Crippen molar-refractivity contribution in [3.8, 4) is 11.1 Å². The zero-order chi connectivity index (χ0) is 26.6. The number of aromatic nitrogens is 2. The van der Waals surface area contributed by atoms with Gasteiger partial charge in [0.2, 0.25) is 0 Å². The minimum atomic E-state index is -0.715. The quantitative estimate of drug-likeness (QED) is 0.278. The van der Waals surface area contributed by atoms with Crippen molar-refractivity contribution in [3.05, 3.63) is 89.1 Å². The first-order chi connectivity index (χ1) is 18.4. The Hall–Kier alpha value is -3.64. The maximum absolute atomic E-state index is 13.5. The highest BCUT2D eigenvalue weighted by Crippen LogP contribution is 2.32. The summed E-state index contributed by atoms with van der Waals surface area (Å²) in [5.74, 6) is -1.14. The van der Waals surface area contributed by atoms with E-state index in [1.165, 1.54) is 0 Å². The molecule has 1 unspecified atom stereocenters. The van der Waals surface area contributed by atoms with Crippen LogP contribution < -0.4 is 5.32 Å². The second kappa shape index (κ2) is 11.4. The lowest BCUT2D eigenvalue weighted by atomic mass is 9.89. The lowest BCUT2D eigenvalue weighted by molar-refractivity contribution is -0.142. The van der Waals surface area contributed by atoms with Crippen LogP contribution in [0.25, 0.3) is 22.0 Å². The molecule has 1 amide bonds. The van der Waals surface area contributed by atoms with E-state index in [9.17, 15) is 14.7 Å². The van der Waals surface area contributed by atoms with E-state index in [4.69, 9.17) is 11.6 Å². The molecule has 1 aliphatic rings. The van der Waals surface area contributed by atoms with Gasteiger partial charge in [0, 0.05) is 11.4 Å². The van der Waals surface area contributed by atoms with Gasteiger partial charge in [-0.15, -0.1) is 0 Å². The fourth-order valence-corrected chi connectivity index (χ4v) is 5.70. The van der Waals surface area contributed by atoms with Crippen molar-refractivity contribution in [1.29, 1.82) is 0 Å². The Kier molecular flexibility index (Phi) is 7.79. The number of amides is 1. The van der Waals surface area contributed by atoms with Crippen LogP contribution in [0, 0.1) is 5.92 Å². The normalized spacial score (nSPS) is 18.9. The SMILES string of the molecule is CC(c1ccc(-c2ccccc2)cc1)n1ncc2c(Cl)ccc(C(=O)NC3CCCC(C(=O)O)CCC3)c21. The van der Waals surface area contributed by atoms with Gasteiger partial charge in [-0.3, -0.25) is 14.3 Å². The van der Waals surface area contributed by atoms with Crippen molar-refractivity contribution in [1.82, 2.24) is 15.1 Å². The van der Waals surface area contributed by atoms with Crippen molar-refractivity contribution in [2.45, 2.75) is 57.5 Å². The Morgan fingerprint density at radius 2 is 1.61 bits per heavy atom. The molecule has 0 radical (unpaired) electrons. The second-order valence-corrected chi connectivity index (χ2v) is 10.6. The van der Waals surface area contributed by atoms with Crippen molar-refractivity contribution >= 4 is 34.4 Å². The van der Waals surface area contributed by atoms with Gasteiger partial charge >= 0.3 is 5.97 Å². The van der Waals surface area contributed by atoms with E-state index in [0.29, 0.717) is 28.9 Å². The van der Waals surface area contributed by atoms with Crippen molar-refractivity contribution in [2.24, 2.45) is 5.92 Å². The van der Waals surface area contributed by atoms with E-state index in [2.05, 4.69) is 53.7 Å². The first-order valence-electron chi connectivity index (χ1n) is 13.3. The van der Waals surface area contributed by atoms with Crippen LogP contribution >= 0.6 is 11.6 Å². The largest absolute Gasteiger partial charge is 0.481 e. The van der Waals surface area contributed by atoms with Crippen LogP contribution in [0.4, 0.5) is 0 Å². The topological polar surface area (TPSA) is 84.2 Å². The van der Waals surface area contributed by atoms with E-state index in [0.717, 1.165) is 47.8 Å². The van der Waals surface area contributed by atoms with Crippen LogP contribution in [-0.2, 0) is 4.79 Å². The Bertz CT molecular complexity index is 1420. The van der Waals surface area contributed by atoms with Crippen LogP contribution in [0.1, 0.15) is 67.4 Å². The molecule has 7 heteroatoms. The molecule has 0 aliphatic heterocycles. The molecule has 4 aromatic rings. The summed E-state index contributed by atoms with van der Waals surface area (Å²) in [5.41, 5.74) is 4.64. The van der Waals surface area contributed by atoms with Crippen LogP contribution in [0.3, 0.4) is 0 Å². The van der Waals surface area contributed by atoms with Gasteiger partial charge in [-0.25, -0.2) is 0 Å². The highest BCUT2D eigenvalue weighted by atomic mass is 35.5. The predicted molar refractivity (Wildman–Crippen MR) is 151 cm³/mol. The number of nitrogens with zero attached hydrogens (tertiary/aromatic N) is 2. The molecule has 38 heavy (non-hydrogen) atoms. The average molecular weight is 530 g/mol. The Balaban J connectivity index is 1.39. The summed E-state index contributed by atoms with van der Waals surface area (Å²) in [6.45, 7) is 2.07. The van der Waals surface area contributed by atoms with Gasteiger partial charge in [0.05, 0.1) is 34.3 Å². The standard InChI is InChI=1S/C31H32ClN3O3/c1-20(21-13-15-23(16-14-21)22-7-3-2-4-8-22)35-29-26(17-18-28(32)27(29)19-33-35)30(36)34-25-11-5-9-24(31(37)38)10-6-12-25/h2-4,7-8,13-20,24-25H,5-6,9-12H2,1H3,(H,34,36)(H,37,38). The number of rotatable bonds is 6. The second-order valence-electron chi connectivity index (χ2n) is 10.2. The van der Waals surface area contributed by atoms with E-state index in [1.807, 2.05) is 22.9 Å². The first-order valence-corrected chi connectivity index (χ1v) is 13.6. The van der Waals surface area contributed by atoms with Gasteiger partial charge in [-0.05, 0) is 61.4 Å². The number of carboxylic acid groups (broad SMARTS) is 1. The van der Waals surface area contributed by atoms with Gasteiger partial charge < -0.3 is 10.4 Å². The summed E-state index contributed by atoms with van der Waals surface area (Å²) in [5, 5.41) is 18.5. The zero-order valence-corrected chi connectivity index (χ0v) is 22.2. The molecule has 0 spiro atoms. The van der Waals surface area contributed by atoms with Crippen molar-refractivity contribution in [2.75, 3.05) is 0 Å². The molecule has 3 aromatic carbocycles. The third-order valence-corrected chi connectivity index (χ3v) is 8.04. The van der Waals surface area contributed by atoms with Gasteiger partial charge in [0.1, 0.15) is 0 Å². The number of benzene rings is 3. The van der Waals surface area contributed by atoms with Gasteiger partial charge in [0.15, 0.2) is 0 Å². The van der Waals surface area contributed by atoms with E-state index < -0.39 is 5.97 Å². The van der Waals surface area contributed by atoms with Crippen LogP contribution in [0.15, 0.2) is 72.9 Å². The monoisotopic (exact) mass is 529 g/mol. The number of carboxylic acids is 1. The molecule has 6 nitrogen and oxygen atoms in total. The lowest BCUT2D eigenvalue weighted by Gasteiger charge is -2.24. The molecular weight excluding hydrogens is 498 g/mol. The molecule has 2 N–H and O–H groups in total. The number of hydrogen-bond acceptors (Lipinski definition) is 3. The average Bonchev–Trinajstić information content (AvgIpc) is 3.36. The van der Waals surface area contributed by atoms with Crippen molar-refractivity contribution in [3.63, 3.8) is 0 Å². The van der Waals surface area contributed by atoms with Crippen LogP contribution in [-0.4, -0.2) is 32.8 Å². The maximum Gasteiger partial charge on any atom is 0.306 e. The number of halogens is 1. The number of aliphatic carboxylic acids is 1.